The zero-order valence-corrected chi connectivity index (χ0v) is 14.1. The minimum Gasteiger partial charge on any atom is -0.346 e. The third kappa shape index (κ3) is 4.98. The molecule has 4 nitrogen and oxygen atoms in total. The number of halogens is 2. The molecule has 1 unspecified atom stereocenters. The van der Waals surface area contributed by atoms with Crippen LogP contribution in [-0.2, 0) is 6.54 Å². The lowest BCUT2D eigenvalue weighted by molar-refractivity contribution is 0.0946. The number of aromatic nitrogens is 1. The van der Waals surface area contributed by atoms with Gasteiger partial charge in [-0.25, -0.2) is 13.8 Å². The minimum absolute atomic E-state index is 0.0884. The first kappa shape index (κ1) is 17.8. The Labute approximate surface area is 141 Å². The van der Waals surface area contributed by atoms with Crippen LogP contribution in [0, 0.1) is 11.6 Å². The molecule has 1 amide bonds. The molecule has 1 aromatic carbocycles. The summed E-state index contributed by atoms with van der Waals surface area (Å²) in [7, 11) is 0. The molecule has 2 rings (SSSR count). The summed E-state index contributed by atoms with van der Waals surface area (Å²) >= 11 is 3.02. The number of thioether (sulfide) groups is 1. The Morgan fingerprint density at radius 1 is 1.48 bits per heavy atom. The van der Waals surface area contributed by atoms with Crippen molar-refractivity contribution in [3.05, 3.63) is 51.5 Å². The quantitative estimate of drug-likeness (QED) is 0.799. The van der Waals surface area contributed by atoms with Crippen LogP contribution in [0.15, 0.2) is 23.6 Å². The number of thiazole rings is 1. The smallest absolute Gasteiger partial charge is 0.271 e. The van der Waals surface area contributed by atoms with E-state index in [0.29, 0.717) is 5.01 Å². The third-order valence-electron chi connectivity index (χ3n) is 3.15. The van der Waals surface area contributed by atoms with Crippen LogP contribution in [0.25, 0.3) is 0 Å². The van der Waals surface area contributed by atoms with E-state index in [-0.39, 0.29) is 23.8 Å². The molecule has 0 spiro atoms. The van der Waals surface area contributed by atoms with Crippen molar-refractivity contribution >= 4 is 29.0 Å². The Balaban J connectivity index is 1.96. The summed E-state index contributed by atoms with van der Waals surface area (Å²) in [5.41, 5.74) is 6.33. The monoisotopic (exact) mass is 357 g/mol. The van der Waals surface area contributed by atoms with Crippen molar-refractivity contribution in [3.8, 4) is 0 Å². The predicted octanol–water partition coefficient (Wildman–Crippen LogP) is 3.10. The summed E-state index contributed by atoms with van der Waals surface area (Å²) in [5, 5.41) is 4.84. The summed E-state index contributed by atoms with van der Waals surface area (Å²) < 4.78 is 26.6. The molecule has 0 saturated carbocycles. The van der Waals surface area contributed by atoms with Crippen LogP contribution in [0.5, 0.6) is 0 Å². The maximum absolute atomic E-state index is 13.5. The highest BCUT2D eigenvalue weighted by atomic mass is 32.2. The minimum atomic E-state index is -0.565. The molecule has 2 aromatic rings. The maximum Gasteiger partial charge on any atom is 0.271 e. The van der Waals surface area contributed by atoms with E-state index in [0.717, 1.165) is 30.4 Å². The molecule has 0 aliphatic rings. The molecule has 3 N–H and O–H groups in total. The normalized spacial score (nSPS) is 12.2. The van der Waals surface area contributed by atoms with Gasteiger partial charge in [-0.05, 0) is 36.6 Å². The van der Waals surface area contributed by atoms with Crippen molar-refractivity contribution in [3.63, 3.8) is 0 Å². The summed E-state index contributed by atoms with van der Waals surface area (Å²) in [5.74, 6) is -0.634. The molecule has 8 heteroatoms. The number of rotatable bonds is 7. The third-order valence-corrected chi connectivity index (χ3v) is 4.77. The van der Waals surface area contributed by atoms with E-state index in [1.165, 1.54) is 11.3 Å². The highest BCUT2D eigenvalue weighted by Gasteiger charge is 2.15. The Kier molecular flexibility index (Phi) is 6.49. The Morgan fingerprint density at radius 3 is 3.00 bits per heavy atom. The first-order valence-corrected chi connectivity index (χ1v) is 9.20. The van der Waals surface area contributed by atoms with Gasteiger partial charge >= 0.3 is 0 Å². The number of amides is 1. The van der Waals surface area contributed by atoms with Crippen LogP contribution >= 0.6 is 23.1 Å². The highest BCUT2D eigenvalue weighted by molar-refractivity contribution is 7.98. The van der Waals surface area contributed by atoms with E-state index in [9.17, 15) is 13.6 Å². The van der Waals surface area contributed by atoms with E-state index in [1.807, 2.05) is 6.26 Å². The predicted molar refractivity (Wildman–Crippen MR) is 89.6 cm³/mol. The molecular weight excluding hydrogens is 340 g/mol. The van der Waals surface area contributed by atoms with E-state index >= 15 is 0 Å². The lowest BCUT2D eigenvalue weighted by Gasteiger charge is -2.07. The molecule has 0 saturated heterocycles. The van der Waals surface area contributed by atoms with Gasteiger partial charge in [-0.15, -0.1) is 11.3 Å². The fraction of sp³-hybridized carbons (Fsp3) is 0.333. The van der Waals surface area contributed by atoms with Crippen LogP contribution < -0.4 is 11.1 Å². The number of benzene rings is 1. The Bertz CT molecular complexity index is 678. The van der Waals surface area contributed by atoms with Gasteiger partial charge in [-0.2, -0.15) is 11.8 Å². The lowest BCUT2D eigenvalue weighted by atomic mass is 10.2. The number of hydrogen-bond donors (Lipinski definition) is 2. The van der Waals surface area contributed by atoms with Gasteiger partial charge in [0.15, 0.2) is 0 Å². The van der Waals surface area contributed by atoms with E-state index in [2.05, 4.69) is 10.3 Å². The van der Waals surface area contributed by atoms with E-state index < -0.39 is 17.5 Å². The molecule has 0 radical (unpaired) electrons. The number of carbonyl (C=O) groups is 1. The van der Waals surface area contributed by atoms with Gasteiger partial charge in [0.05, 0.1) is 6.04 Å². The molecule has 0 aliphatic heterocycles. The number of nitrogens with two attached hydrogens (primary N) is 1. The van der Waals surface area contributed by atoms with Gasteiger partial charge in [-0.1, -0.05) is 0 Å². The van der Waals surface area contributed by atoms with Crippen molar-refractivity contribution in [1.29, 1.82) is 0 Å². The summed E-state index contributed by atoms with van der Waals surface area (Å²) in [6, 6.07) is 2.92. The topological polar surface area (TPSA) is 68.0 Å². The van der Waals surface area contributed by atoms with Crippen molar-refractivity contribution < 1.29 is 13.6 Å². The van der Waals surface area contributed by atoms with Crippen molar-refractivity contribution in [2.75, 3.05) is 12.0 Å². The van der Waals surface area contributed by atoms with Crippen molar-refractivity contribution in [2.45, 2.75) is 19.0 Å². The SMILES string of the molecule is CSCCC(N)c1nc(C(=O)NCc2cc(F)ccc2F)cs1. The molecule has 124 valence electrons. The molecule has 0 bridgehead atoms. The molecule has 1 aromatic heterocycles. The number of hydrogen-bond acceptors (Lipinski definition) is 5. The van der Waals surface area contributed by atoms with Gasteiger partial charge < -0.3 is 11.1 Å². The van der Waals surface area contributed by atoms with Gasteiger partial charge in [0.25, 0.3) is 5.91 Å². The fourth-order valence-electron chi connectivity index (χ4n) is 1.88. The summed E-state index contributed by atoms with van der Waals surface area (Å²) in [6.07, 6.45) is 2.78. The number of nitrogens with zero attached hydrogens (tertiary/aromatic N) is 1. The largest absolute Gasteiger partial charge is 0.346 e. The van der Waals surface area contributed by atoms with Crippen LogP contribution in [0.4, 0.5) is 8.78 Å². The second-order valence-corrected chi connectivity index (χ2v) is 6.75. The first-order valence-electron chi connectivity index (χ1n) is 6.93. The van der Waals surface area contributed by atoms with Gasteiger partial charge in [-0.3, -0.25) is 4.79 Å². The average Bonchev–Trinajstić information content (AvgIpc) is 3.03. The van der Waals surface area contributed by atoms with Crippen LogP contribution in [0.2, 0.25) is 0 Å². The molecular formula is C15H17F2N3OS2. The van der Waals surface area contributed by atoms with E-state index in [1.54, 1.807) is 17.1 Å². The highest BCUT2D eigenvalue weighted by Crippen LogP contribution is 2.20. The second kappa shape index (κ2) is 8.37. The number of carbonyl (C=O) groups excluding carboxylic acids is 1. The van der Waals surface area contributed by atoms with Gasteiger partial charge in [0, 0.05) is 17.5 Å². The molecule has 1 heterocycles. The maximum atomic E-state index is 13.5. The van der Waals surface area contributed by atoms with Crippen molar-refractivity contribution in [1.82, 2.24) is 10.3 Å². The molecule has 23 heavy (non-hydrogen) atoms. The first-order chi connectivity index (χ1) is 11.0. The van der Waals surface area contributed by atoms with Crippen molar-refractivity contribution in [2.24, 2.45) is 5.73 Å². The summed E-state index contributed by atoms with van der Waals surface area (Å²) in [4.78, 5) is 16.3. The van der Waals surface area contributed by atoms with Gasteiger partial charge in [0.1, 0.15) is 22.3 Å². The van der Waals surface area contributed by atoms with E-state index in [4.69, 9.17) is 5.73 Å². The Hall–Kier alpha value is -1.51. The zero-order valence-electron chi connectivity index (χ0n) is 12.5. The zero-order chi connectivity index (χ0) is 16.8. The lowest BCUT2D eigenvalue weighted by Crippen LogP contribution is -2.24. The van der Waals surface area contributed by atoms with Crippen LogP contribution in [-0.4, -0.2) is 22.9 Å². The molecule has 0 aliphatic carbocycles. The molecule has 0 fully saturated rings. The Morgan fingerprint density at radius 2 is 2.26 bits per heavy atom. The van der Waals surface area contributed by atoms with Crippen LogP contribution in [0.3, 0.4) is 0 Å². The molecule has 1 atom stereocenters. The van der Waals surface area contributed by atoms with Crippen LogP contribution in [0.1, 0.15) is 33.5 Å². The summed E-state index contributed by atoms with van der Waals surface area (Å²) in [6.45, 7) is -0.103. The second-order valence-electron chi connectivity index (χ2n) is 4.88. The fourth-order valence-corrected chi connectivity index (χ4v) is 3.20. The van der Waals surface area contributed by atoms with Gasteiger partial charge in [0.2, 0.25) is 0 Å². The average molecular weight is 357 g/mol. The number of nitrogens with one attached hydrogen (secondary N) is 1. The standard InChI is InChI=1S/C15H17F2N3OS2/c1-22-5-4-12(18)15-20-13(8-23-15)14(21)19-7-9-6-10(16)2-3-11(9)17/h2-3,6,8,12H,4-5,7,18H2,1H3,(H,19,21).